The van der Waals surface area contributed by atoms with Crippen molar-refractivity contribution in [1.29, 1.82) is 0 Å². The van der Waals surface area contributed by atoms with Gasteiger partial charge in [0, 0.05) is 11.1 Å². The minimum absolute atomic E-state index is 0.357. The SMILES string of the molecule is CC(C)(C)Cc1csc2c(CC[NH3+])cccc12. The lowest BCUT2D eigenvalue weighted by Gasteiger charge is -2.17. The number of thiophene rings is 1. The summed E-state index contributed by atoms with van der Waals surface area (Å²) in [4.78, 5) is 0. The van der Waals surface area contributed by atoms with Gasteiger partial charge in [0.15, 0.2) is 0 Å². The van der Waals surface area contributed by atoms with Crippen LogP contribution in [0.15, 0.2) is 23.6 Å². The molecule has 1 nitrogen and oxygen atoms in total. The van der Waals surface area contributed by atoms with Crippen LogP contribution in [0.2, 0.25) is 0 Å². The molecule has 0 fully saturated rings. The third-order valence-corrected chi connectivity index (χ3v) is 4.05. The van der Waals surface area contributed by atoms with Crippen LogP contribution in [0.25, 0.3) is 10.1 Å². The molecule has 92 valence electrons. The van der Waals surface area contributed by atoms with E-state index in [9.17, 15) is 0 Å². The Kier molecular flexibility index (Phi) is 3.55. The second-order valence-corrected chi connectivity index (χ2v) is 6.78. The van der Waals surface area contributed by atoms with Crippen LogP contribution < -0.4 is 5.73 Å². The fraction of sp³-hybridized carbons (Fsp3) is 0.467. The van der Waals surface area contributed by atoms with Crippen molar-refractivity contribution in [3.05, 3.63) is 34.7 Å². The molecule has 0 unspecified atom stereocenters. The third-order valence-electron chi connectivity index (χ3n) is 2.93. The van der Waals surface area contributed by atoms with Crippen molar-refractivity contribution in [2.45, 2.75) is 33.6 Å². The predicted molar refractivity (Wildman–Crippen MR) is 76.4 cm³/mol. The van der Waals surface area contributed by atoms with Crippen molar-refractivity contribution in [3.8, 4) is 0 Å². The minimum atomic E-state index is 0.357. The average molecular weight is 248 g/mol. The van der Waals surface area contributed by atoms with E-state index in [-0.39, 0.29) is 0 Å². The molecule has 2 aromatic rings. The molecule has 0 saturated carbocycles. The van der Waals surface area contributed by atoms with E-state index < -0.39 is 0 Å². The van der Waals surface area contributed by atoms with Crippen LogP contribution in [0.4, 0.5) is 0 Å². The van der Waals surface area contributed by atoms with Gasteiger partial charge >= 0.3 is 0 Å². The lowest BCUT2D eigenvalue weighted by molar-refractivity contribution is -0.366. The predicted octanol–water partition coefficient (Wildman–Crippen LogP) is 3.27. The zero-order chi connectivity index (χ0) is 12.5. The van der Waals surface area contributed by atoms with Crippen LogP contribution in [0.1, 0.15) is 31.9 Å². The molecule has 2 heteroatoms. The maximum atomic E-state index is 3.96. The summed E-state index contributed by atoms with van der Waals surface area (Å²) >= 11 is 1.89. The zero-order valence-corrected chi connectivity index (χ0v) is 11.9. The van der Waals surface area contributed by atoms with E-state index in [2.05, 4.69) is 50.1 Å². The maximum absolute atomic E-state index is 3.96. The Bertz CT molecular complexity index is 505. The second-order valence-electron chi connectivity index (χ2n) is 5.90. The van der Waals surface area contributed by atoms with E-state index >= 15 is 0 Å². The summed E-state index contributed by atoms with van der Waals surface area (Å²) in [5.41, 5.74) is 7.28. The molecule has 0 bridgehead atoms. The van der Waals surface area contributed by atoms with Crippen LogP contribution in [0, 0.1) is 5.41 Å². The van der Waals surface area contributed by atoms with Gasteiger partial charge in [0.25, 0.3) is 0 Å². The Hall–Kier alpha value is -0.860. The minimum Gasteiger partial charge on any atom is -0.357 e. The first-order chi connectivity index (χ1) is 8.01. The van der Waals surface area contributed by atoms with Gasteiger partial charge in [-0.1, -0.05) is 39.0 Å². The molecule has 1 aromatic carbocycles. The summed E-state index contributed by atoms with van der Waals surface area (Å²) in [6, 6.07) is 6.69. The molecular weight excluding hydrogens is 226 g/mol. The molecule has 1 heterocycles. The fourth-order valence-electron chi connectivity index (χ4n) is 2.27. The maximum Gasteiger partial charge on any atom is 0.0781 e. The van der Waals surface area contributed by atoms with Crippen molar-refractivity contribution in [3.63, 3.8) is 0 Å². The van der Waals surface area contributed by atoms with Crippen LogP contribution in [0.3, 0.4) is 0 Å². The molecular formula is C15H22NS+. The lowest BCUT2D eigenvalue weighted by atomic mass is 9.88. The van der Waals surface area contributed by atoms with Crippen LogP contribution in [-0.4, -0.2) is 6.54 Å². The largest absolute Gasteiger partial charge is 0.357 e. The van der Waals surface area contributed by atoms with Gasteiger partial charge in [-0.3, -0.25) is 0 Å². The smallest absolute Gasteiger partial charge is 0.0781 e. The summed E-state index contributed by atoms with van der Waals surface area (Å²) in [5, 5.41) is 3.79. The second kappa shape index (κ2) is 4.79. The average Bonchev–Trinajstić information content (AvgIpc) is 2.61. The zero-order valence-electron chi connectivity index (χ0n) is 11.0. The molecule has 0 spiro atoms. The topological polar surface area (TPSA) is 27.6 Å². The van der Waals surface area contributed by atoms with E-state index in [1.165, 1.54) is 21.2 Å². The molecule has 3 N–H and O–H groups in total. The van der Waals surface area contributed by atoms with E-state index in [4.69, 9.17) is 0 Å². The number of rotatable bonds is 3. The van der Waals surface area contributed by atoms with Crippen LogP contribution in [0.5, 0.6) is 0 Å². The van der Waals surface area contributed by atoms with Crippen molar-refractivity contribution in [2.75, 3.05) is 6.54 Å². The molecule has 0 atom stereocenters. The molecule has 1 aromatic heterocycles. The van der Waals surface area contributed by atoms with E-state index in [1.54, 1.807) is 0 Å². The fourth-order valence-corrected chi connectivity index (χ4v) is 3.38. The number of fused-ring (bicyclic) bond motifs is 1. The molecule has 0 aliphatic carbocycles. The van der Waals surface area contributed by atoms with Gasteiger partial charge in [0.1, 0.15) is 0 Å². The third kappa shape index (κ3) is 2.88. The van der Waals surface area contributed by atoms with Gasteiger partial charge in [-0.2, -0.15) is 0 Å². The van der Waals surface area contributed by atoms with E-state index in [0.717, 1.165) is 19.4 Å². The normalized spacial score (nSPS) is 12.2. The summed E-state index contributed by atoms with van der Waals surface area (Å²) in [6.07, 6.45) is 2.24. The molecule has 0 saturated heterocycles. The van der Waals surface area contributed by atoms with Crippen LogP contribution >= 0.6 is 11.3 Å². The quantitative estimate of drug-likeness (QED) is 0.863. The molecule has 17 heavy (non-hydrogen) atoms. The number of hydrogen-bond acceptors (Lipinski definition) is 1. The molecule has 0 amide bonds. The Morgan fingerprint density at radius 1 is 1.18 bits per heavy atom. The van der Waals surface area contributed by atoms with Gasteiger partial charge < -0.3 is 5.73 Å². The summed E-state index contributed by atoms with van der Waals surface area (Å²) in [6.45, 7) is 7.88. The molecule has 2 rings (SSSR count). The first-order valence-electron chi connectivity index (χ1n) is 6.28. The summed E-state index contributed by atoms with van der Waals surface area (Å²) in [7, 11) is 0. The number of benzene rings is 1. The number of quaternary nitrogens is 1. The van der Waals surface area contributed by atoms with Gasteiger partial charge in [-0.15, -0.1) is 11.3 Å². The summed E-state index contributed by atoms with van der Waals surface area (Å²) in [5.74, 6) is 0. The molecule has 0 aliphatic heterocycles. The first kappa shape index (κ1) is 12.6. The highest BCUT2D eigenvalue weighted by Crippen LogP contribution is 2.33. The van der Waals surface area contributed by atoms with Crippen molar-refractivity contribution in [2.24, 2.45) is 5.41 Å². The monoisotopic (exact) mass is 248 g/mol. The highest BCUT2D eigenvalue weighted by atomic mass is 32.1. The number of hydrogen-bond donors (Lipinski definition) is 1. The van der Waals surface area contributed by atoms with Crippen molar-refractivity contribution < 1.29 is 5.73 Å². The Balaban J connectivity index is 2.44. The lowest BCUT2D eigenvalue weighted by Crippen LogP contribution is -2.51. The highest BCUT2D eigenvalue weighted by Gasteiger charge is 2.15. The Labute approximate surface area is 108 Å². The Morgan fingerprint density at radius 3 is 2.59 bits per heavy atom. The highest BCUT2D eigenvalue weighted by molar-refractivity contribution is 7.17. The Morgan fingerprint density at radius 2 is 1.94 bits per heavy atom. The van der Waals surface area contributed by atoms with Crippen molar-refractivity contribution >= 4 is 21.4 Å². The van der Waals surface area contributed by atoms with Gasteiger partial charge in [-0.05, 0) is 33.7 Å². The van der Waals surface area contributed by atoms with Crippen molar-refractivity contribution in [1.82, 2.24) is 0 Å². The summed E-state index contributed by atoms with van der Waals surface area (Å²) < 4.78 is 1.47. The van der Waals surface area contributed by atoms with E-state index in [0.29, 0.717) is 5.41 Å². The standard InChI is InChI=1S/C15H21NS/c1-15(2,3)9-12-10-17-14-11(7-8-16)5-4-6-13(12)14/h4-6,10H,7-9,16H2,1-3H3/p+1. The first-order valence-corrected chi connectivity index (χ1v) is 7.16. The molecule has 0 radical (unpaired) electrons. The van der Waals surface area contributed by atoms with Gasteiger partial charge in [0.05, 0.1) is 6.54 Å². The molecule has 0 aliphatic rings. The van der Waals surface area contributed by atoms with Crippen LogP contribution in [-0.2, 0) is 12.8 Å². The van der Waals surface area contributed by atoms with Gasteiger partial charge in [-0.25, -0.2) is 0 Å². The van der Waals surface area contributed by atoms with E-state index in [1.807, 2.05) is 11.3 Å². The van der Waals surface area contributed by atoms with Gasteiger partial charge in [0.2, 0.25) is 0 Å².